The Balaban J connectivity index is 1.44. The number of benzene rings is 1. The molecule has 25 heavy (non-hydrogen) atoms. The van der Waals surface area contributed by atoms with Crippen LogP contribution in [-0.2, 0) is 24.3 Å². The molecule has 5 heteroatoms. The maximum Gasteiger partial charge on any atom is 0.238 e. The van der Waals surface area contributed by atoms with Gasteiger partial charge in [-0.3, -0.25) is 9.69 Å². The van der Waals surface area contributed by atoms with Crippen molar-refractivity contribution in [1.82, 2.24) is 19.6 Å². The van der Waals surface area contributed by atoms with Gasteiger partial charge in [-0.25, -0.2) is 4.98 Å². The fourth-order valence-corrected chi connectivity index (χ4v) is 3.48. The van der Waals surface area contributed by atoms with Gasteiger partial charge in [0.25, 0.3) is 0 Å². The monoisotopic (exact) mass is 334 g/mol. The topological polar surface area (TPSA) is 49.6 Å². The summed E-state index contributed by atoms with van der Waals surface area (Å²) < 4.78 is 2.00. The van der Waals surface area contributed by atoms with Crippen molar-refractivity contribution in [3.63, 3.8) is 0 Å². The third-order valence-electron chi connectivity index (χ3n) is 4.88. The molecule has 5 nitrogen and oxygen atoms in total. The molecule has 1 atom stereocenters. The van der Waals surface area contributed by atoms with Crippen molar-refractivity contribution in [2.24, 2.45) is 0 Å². The molecule has 2 aromatic heterocycles. The van der Waals surface area contributed by atoms with Gasteiger partial charge in [0.15, 0.2) is 0 Å². The van der Waals surface area contributed by atoms with E-state index < -0.39 is 0 Å². The second-order valence-electron chi connectivity index (χ2n) is 6.83. The first-order valence-electron chi connectivity index (χ1n) is 8.59. The van der Waals surface area contributed by atoms with E-state index in [0.717, 1.165) is 24.3 Å². The predicted octanol–water partition coefficient (Wildman–Crippen LogP) is 2.32. The summed E-state index contributed by atoms with van der Waals surface area (Å²) in [6.45, 7) is 3.31. The highest BCUT2D eigenvalue weighted by molar-refractivity contribution is 5.82. The van der Waals surface area contributed by atoms with Gasteiger partial charge in [-0.2, -0.15) is 0 Å². The van der Waals surface area contributed by atoms with Crippen LogP contribution in [-0.4, -0.2) is 33.3 Å². The summed E-state index contributed by atoms with van der Waals surface area (Å²) in [5.74, 6) is 0.0604. The van der Waals surface area contributed by atoms with Crippen molar-refractivity contribution in [1.29, 1.82) is 0 Å². The quantitative estimate of drug-likeness (QED) is 0.800. The van der Waals surface area contributed by atoms with E-state index in [9.17, 15) is 4.79 Å². The van der Waals surface area contributed by atoms with E-state index in [4.69, 9.17) is 0 Å². The van der Waals surface area contributed by atoms with E-state index in [2.05, 4.69) is 40.3 Å². The number of imidazole rings is 1. The Kier molecular flexibility index (Phi) is 4.01. The molecule has 0 spiro atoms. The minimum Gasteiger partial charge on any atom is -0.349 e. The zero-order valence-corrected chi connectivity index (χ0v) is 14.6. The average Bonchev–Trinajstić information content (AvgIpc) is 3.01. The van der Waals surface area contributed by atoms with Crippen molar-refractivity contribution >= 4 is 11.6 Å². The van der Waals surface area contributed by atoms with Crippen LogP contribution < -0.4 is 5.32 Å². The number of nitrogens with one attached hydrogen (secondary N) is 1. The third kappa shape index (κ3) is 3.15. The number of carbonyl (C=O) groups excluding carboxylic acids is 1. The SMILES string of the molecule is Cc1ccc2nc(CNC(=O)[C@H]3Cc4ccccc4CN3C)cn2c1. The molecule has 1 N–H and O–H groups in total. The number of amides is 1. The maximum absolute atomic E-state index is 12.7. The molecular weight excluding hydrogens is 312 g/mol. The molecular formula is C20H22N4O. The number of carbonyl (C=O) groups is 1. The molecule has 0 saturated heterocycles. The van der Waals surface area contributed by atoms with Crippen molar-refractivity contribution in [3.05, 3.63) is 71.2 Å². The summed E-state index contributed by atoms with van der Waals surface area (Å²) in [7, 11) is 2.01. The first kappa shape index (κ1) is 15.8. The molecule has 4 rings (SSSR count). The molecule has 0 radical (unpaired) electrons. The van der Waals surface area contributed by atoms with Crippen LogP contribution in [0, 0.1) is 6.92 Å². The van der Waals surface area contributed by atoms with Crippen molar-refractivity contribution in [3.8, 4) is 0 Å². The average molecular weight is 334 g/mol. The molecule has 1 amide bonds. The normalized spacial score (nSPS) is 17.4. The summed E-state index contributed by atoms with van der Waals surface area (Å²) in [5.41, 5.74) is 5.54. The predicted molar refractivity (Wildman–Crippen MR) is 97.2 cm³/mol. The minimum atomic E-state index is -0.130. The third-order valence-corrected chi connectivity index (χ3v) is 4.88. The van der Waals surface area contributed by atoms with E-state index in [1.165, 1.54) is 16.7 Å². The number of aryl methyl sites for hydroxylation is 1. The maximum atomic E-state index is 12.7. The van der Waals surface area contributed by atoms with E-state index >= 15 is 0 Å². The van der Waals surface area contributed by atoms with Crippen LogP contribution in [0.15, 0.2) is 48.8 Å². The molecule has 128 valence electrons. The van der Waals surface area contributed by atoms with Crippen LogP contribution in [0.2, 0.25) is 0 Å². The number of aromatic nitrogens is 2. The smallest absolute Gasteiger partial charge is 0.238 e. The van der Waals surface area contributed by atoms with Crippen LogP contribution in [0.3, 0.4) is 0 Å². The molecule has 0 unspecified atom stereocenters. The molecule has 0 bridgehead atoms. The summed E-state index contributed by atoms with van der Waals surface area (Å²) in [4.78, 5) is 19.3. The number of likely N-dealkylation sites (N-methyl/N-ethyl adjacent to an activating group) is 1. The van der Waals surface area contributed by atoms with Gasteiger partial charge >= 0.3 is 0 Å². The lowest BCUT2D eigenvalue weighted by molar-refractivity contribution is -0.126. The highest BCUT2D eigenvalue weighted by Crippen LogP contribution is 2.22. The van der Waals surface area contributed by atoms with Gasteiger partial charge in [-0.1, -0.05) is 30.3 Å². The first-order chi connectivity index (χ1) is 12.1. The highest BCUT2D eigenvalue weighted by atomic mass is 16.2. The molecule has 1 aromatic carbocycles. The van der Waals surface area contributed by atoms with Gasteiger partial charge in [0.1, 0.15) is 5.65 Å². The van der Waals surface area contributed by atoms with Crippen molar-refractivity contribution < 1.29 is 4.79 Å². The number of pyridine rings is 1. The molecule has 0 fully saturated rings. The number of hydrogen-bond donors (Lipinski definition) is 1. The number of fused-ring (bicyclic) bond motifs is 2. The van der Waals surface area contributed by atoms with E-state index in [0.29, 0.717) is 6.54 Å². The Morgan fingerprint density at radius 1 is 1.20 bits per heavy atom. The summed E-state index contributed by atoms with van der Waals surface area (Å²) in [6.07, 6.45) is 4.77. The number of rotatable bonds is 3. The zero-order chi connectivity index (χ0) is 17.4. The molecule has 3 heterocycles. The summed E-state index contributed by atoms with van der Waals surface area (Å²) >= 11 is 0. The van der Waals surface area contributed by atoms with Gasteiger partial charge in [0, 0.05) is 18.9 Å². The van der Waals surface area contributed by atoms with Gasteiger partial charge in [-0.15, -0.1) is 0 Å². The van der Waals surface area contributed by atoms with Gasteiger partial charge in [0.2, 0.25) is 5.91 Å². The van der Waals surface area contributed by atoms with Crippen LogP contribution in [0.5, 0.6) is 0 Å². The number of hydrogen-bond acceptors (Lipinski definition) is 3. The largest absolute Gasteiger partial charge is 0.349 e. The zero-order valence-electron chi connectivity index (χ0n) is 14.6. The van der Waals surface area contributed by atoms with Gasteiger partial charge in [-0.05, 0) is 43.1 Å². The highest BCUT2D eigenvalue weighted by Gasteiger charge is 2.28. The Bertz CT molecular complexity index is 930. The fourth-order valence-electron chi connectivity index (χ4n) is 3.48. The van der Waals surface area contributed by atoms with Gasteiger partial charge in [0.05, 0.1) is 18.3 Å². The summed E-state index contributed by atoms with van der Waals surface area (Å²) in [5, 5.41) is 3.05. The lowest BCUT2D eigenvalue weighted by Gasteiger charge is -2.32. The van der Waals surface area contributed by atoms with Crippen LogP contribution >= 0.6 is 0 Å². The first-order valence-corrected chi connectivity index (χ1v) is 8.59. The standard InChI is InChI=1S/C20H22N4O/c1-14-7-8-19-22-17(13-24(19)11-14)10-21-20(25)18-9-15-5-3-4-6-16(15)12-23(18)2/h3-8,11,13,18H,9-10,12H2,1-2H3,(H,21,25)/t18-/m1/s1. The van der Waals surface area contributed by atoms with Crippen LogP contribution in [0.4, 0.5) is 0 Å². The van der Waals surface area contributed by atoms with Gasteiger partial charge < -0.3 is 9.72 Å². The van der Waals surface area contributed by atoms with Crippen molar-refractivity contribution in [2.75, 3.05) is 7.05 Å². The molecule has 3 aromatic rings. The molecule has 0 saturated carbocycles. The van der Waals surface area contributed by atoms with E-state index in [-0.39, 0.29) is 11.9 Å². The Morgan fingerprint density at radius 3 is 2.84 bits per heavy atom. The Labute approximate surface area is 147 Å². The second-order valence-corrected chi connectivity index (χ2v) is 6.83. The van der Waals surface area contributed by atoms with Crippen molar-refractivity contribution in [2.45, 2.75) is 32.5 Å². The van der Waals surface area contributed by atoms with Crippen LogP contribution in [0.1, 0.15) is 22.4 Å². The Morgan fingerprint density at radius 2 is 2.00 bits per heavy atom. The van der Waals surface area contributed by atoms with Crippen LogP contribution in [0.25, 0.3) is 5.65 Å². The molecule has 1 aliphatic heterocycles. The minimum absolute atomic E-state index is 0.0604. The van der Waals surface area contributed by atoms with E-state index in [1.54, 1.807) is 0 Å². The Hall–Kier alpha value is -2.66. The summed E-state index contributed by atoms with van der Waals surface area (Å²) in [6, 6.07) is 12.3. The molecule has 0 aliphatic carbocycles. The van der Waals surface area contributed by atoms with E-state index in [1.807, 2.05) is 42.0 Å². The lowest BCUT2D eigenvalue weighted by atomic mass is 9.94. The lowest BCUT2D eigenvalue weighted by Crippen LogP contribution is -2.48. The molecule has 1 aliphatic rings. The number of nitrogens with zero attached hydrogens (tertiary/aromatic N) is 3. The fraction of sp³-hybridized carbons (Fsp3) is 0.300. The second kappa shape index (κ2) is 6.33.